The van der Waals surface area contributed by atoms with Crippen molar-refractivity contribution >= 4 is 5.91 Å². The molecule has 2 rings (SSSR count). The number of carbonyl (C=O) groups excluding carboxylic acids is 1. The first-order valence-electron chi connectivity index (χ1n) is 5.61. The topological polar surface area (TPSA) is 78.2 Å². The Hall–Kier alpha value is -2.41. The number of nitrogens with zero attached hydrogens (tertiary/aromatic N) is 3. The highest BCUT2D eigenvalue weighted by Gasteiger charge is 2.21. The average Bonchev–Trinajstić information content (AvgIpc) is 2.80. The summed E-state index contributed by atoms with van der Waals surface area (Å²) in [6.07, 6.45) is 3.87. The zero-order chi connectivity index (χ0) is 13.8. The monoisotopic (exact) mass is 262 g/mol. The zero-order valence-electron chi connectivity index (χ0n) is 10.6. The Labute approximate surface area is 109 Å². The summed E-state index contributed by atoms with van der Waals surface area (Å²) in [6.45, 7) is 0. The fraction of sp³-hybridized carbons (Fsp3) is 0.250. The Bertz CT molecular complexity index is 632. The molecule has 0 aliphatic rings. The number of hydrogen-bond donors (Lipinski definition) is 1. The van der Waals surface area contributed by atoms with Crippen LogP contribution >= 0.6 is 0 Å². The predicted molar refractivity (Wildman–Crippen MR) is 68.0 cm³/mol. The number of hydrogen-bond acceptors (Lipinski definition) is 4. The van der Waals surface area contributed by atoms with E-state index in [-0.39, 0.29) is 5.56 Å². The summed E-state index contributed by atoms with van der Waals surface area (Å²) in [5, 5.41) is 3.98. The number of aromatic nitrogens is 3. The van der Waals surface area contributed by atoms with Gasteiger partial charge in [-0.2, -0.15) is 5.10 Å². The van der Waals surface area contributed by atoms with Crippen LogP contribution in [-0.2, 0) is 16.6 Å². The third-order valence-electron chi connectivity index (χ3n) is 2.55. The summed E-state index contributed by atoms with van der Waals surface area (Å²) in [5.74, 6) is -0.441. The molecular formula is C12H14N4O3. The van der Waals surface area contributed by atoms with Gasteiger partial charge < -0.3 is 4.74 Å². The highest BCUT2D eigenvalue weighted by Crippen LogP contribution is 2.15. The smallest absolute Gasteiger partial charge is 0.272 e. The fourth-order valence-corrected chi connectivity index (χ4v) is 1.67. The van der Waals surface area contributed by atoms with Gasteiger partial charge in [0.1, 0.15) is 0 Å². The number of carbonyl (C=O) groups is 1. The summed E-state index contributed by atoms with van der Waals surface area (Å²) in [7, 11) is 3.17. The van der Waals surface area contributed by atoms with Crippen molar-refractivity contribution in [2.24, 2.45) is 7.05 Å². The number of rotatable bonds is 4. The predicted octanol–water partition coefficient (Wildman–Crippen LogP) is 0.0396. The van der Waals surface area contributed by atoms with Crippen molar-refractivity contribution in [3.63, 3.8) is 0 Å². The summed E-state index contributed by atoms with van der Waals surface area (Å²) >= 11 is 0. The van der Waals surface area contributed by atoms with Crippen LogP contribution in [0.1, 0.15) is 11.7 Å². The maximum absolute atomic E-state index is 12.1. The number of amides is 1. The van der Waals surface area contributed by atoms with Gasteiger partial charge in [-0.25, -0.2) is 4.68 Å². The van der Waals surface area contributed by atoms with E-state index < -0.39 is 12.0 Å². The molecule has 0 aliphatic heterocycles. The van der Waals surface area contributed by atoms with Crippen molar-refractivity contribution in [3.05, 3.63) is 52.7 Å². The van der Waals surface area contributed by atoms with E-state index in [4.69, 9.17) is 4.74 Å². The lowest BCUT2D eigenvalue weighted by atomic mass is 10.2. The molecular weight excluding hydrogens is 248 g/mol. The normalized spacial score (nSPS) is 12.1. The molecule has 2 aromatic rings. The Balaban J connectivity index is 2.18. The lowest BCUT2D eigenvalue weighted by molar-refractivity contribution is -0.127. The molecule has 1 unspecified atom stereocenters. The van der Waals surface area contributed by atoms with E-state index in [1.54, 1.807) is 36.3 Å². The SMILES string of the molecule is COC(C(=O)Nn1ccccc1=O)c1cnn(C)c1. The van der Waals surface area contributed by atoms with E-state index in [0.29, 0.717) is 5.56 Å². The van der Waals surface area contributed by atoms with Gasteiger partial charge in [0.25, 0.3) is 11.5 Å². The molecule has 2 aromatic heterocycles. The molecule has 0 bridgehead atoms. The molecule has 7 nitrogen and oxygen atoms in total. The molecule has 19 heavy (non-hydrogen) atoms. The highest BCUT2D eigenvalue weighted by atomic mass is 16.5. The highest BCUT2D eigenvalue weighted by molar-refractivity contribution is 5.88. The number of nitrogens with one attached hydrogen (secondary N) is 1. The second kappa shape index (κ2) is 5.49. The third kappa shape index (κ3) is 2.89. The van der Waals surface area contributed by atoms with Gasteiger partial charge in [-0.1, -0.05) is 6.07 Å². The molecule has 100 valence electrons. The van der Waals surface area contributed by atoms with E-state index in [0.717, 1.165) is 4.68 Å². The van der Waals surface area contributed by atoms with Crippen LogP contribution in [0.3, 0.4) is 0 Å². The molecule has 0 spiro atoms. The van der Waals surface area contributed by atoms with Gasteiger partial charge in [-0.05, 0) is 6.07 Å². The standard InChI is InChI=1S/C12H14N4O3/c1-15-8-9(7-13-15)11(19-2)12(18)14-16-6-4-3-5-10(16)17/h3-8,11H,1-2H3,(H,14,18). The summed E-state index contributed by atoms with van der Waals surface area (Å²) in [5.41, 5.74) is 2.77. The molecule has 0 aliphatic carbocycles. The number of aryl methyl sites for hydroxylation is 1. The third-order valence-corrected chi connectivity index (χ3v) is 2.55. The van der Waals surface area contributed by atoms with E-state index in [1.165, 1.54) is 19.4 Å². The van der Waals surface area contributed by atoms with Crippen molar-refractivity contribution in [2.45, 2.75) is 6.10 Å². The Morgan fingerprint density at radius 1 is 1.47 bits per heavy atom. The van der Waals surface area contributed by atoms with Gasteiger partial charge in [-0.3, -0.25) is 19.7 Å². The van der Waals surface area contributed by atoms with Gasteiger partial charge >= 0.3 is 0 Å². The molecule has 0 radical (unpaired) electrons. The Morgan fingerprint density at radius 3 is 2.84 bits per heavy atom. The average molecular weight is 262 g/mol. The minimum absolute atomic E-state index is 0.322. The largest absolute Gasteiger partial charge is 0.367 e. The van der Waals surface area contributed by atoms with Crippen LogP contribution < -0.4 is 11.0 Å². The Morgan fingerprint density at radius 2 is 2.26 bits per heavy atom. The van der Waals surface area contributed by atoms with Crippen LogP contribution in [-0.4, -0.2) is 27.5 Å². The first-order chi connectivity index (χ1) is 9.11. The van der Waals surface area contributed by atoms with Crippen molar-refractivity contribution in [1.29, 1.82) is 0 Å². The van der Waals surface area contributed by atoms with Gasteiger partial charge in [0, 0.05) is 38.2 Å². The van der Waals surface area contributed by atoms with Crippen LogP contribution in [0, 0.1) is 0 Å². The second-order valence-corrected chi connectivity index (χ2v) is 3.95. The van der Waals surface area contributed by atoms with Crippen LogP contribution in [0.15, 0.2) is 41.6 Å². The summed E-state index contributed by atoms with van der Waals surface area (Å²) in [6, 6.07) is 4.60. The lowest BCUT2D eigenvalue weighted by Crippen LogP contribution is -2.35. The molecule has 0 saturated heterocycles. The first kappa shape index (κ1) is 13.0. The van der Waals surface area contributed by atoms with Crippen molar-refractivity contribution in [2.75, 3.05) is 12.5 Å². The van der Waals surface area contributed by atoms with Crippen LogP contribution in [0.5, 0.6) is 0 Å². The summed E-state index contributed by atoms with van der Waals surface area (Å²) in [4.78, 5) is 23.6. The molecule has 2 heterocycles. The first-order valence-corrected chi connectivity index (χ1v) is 5.61. The van der Waals surface area contributed by atoms with E-state index in [9.17, 15) is 9.59 Å². The lowest BCUT2D eigenvalue weighted by Gasteiger charge is -2.14. The van der Waals surface area contributed by atoms with Gasteiger partial charge in [0.15, 0.2) is 6.10 Å². The van der Waals surface area contributed by atoms with Gasteiger partial charge in [0.2, 0.25) is 0 Å². The molecule has 0 saturated carbocycles. The van der Waals surface area contributed by atoms with Crippen molar-refractivity contribution in [3.8, 4) is 0 Å². The van der Waals surface area contributed by atoms with E-state index >= 15 is 0 Å². The van der Waals surface area contributed by atoms with Gasteiger partial charge in [-0.15, -0.1) is 0 Å². The maximum Gasteiger partial charge on any atom is 0.272 e. The van der Waals surface area contributed by atoms with Crippen LogP contribution in [0.4, 0.5) is 0 Å². The molecule has 7 heteroatoms. The summed E-state index contributed by atoms with van der Waals surface area (Å²) < 4.78 is 7.82. The second-order valence-electron chi connectivity index (χ2n) is 3.95. The molecule has 1 atom stereocenters. The number of pyridine rings is 1. The van der Waals surface area contributed by atoms with E-state index in [2.05, 4.69) is 10.5 Å². The Kier molecular flexibility index (Phi) is 3.76. The molecule has 0 aromatic carbocycles. The molecule has 1 N–H and O–H groups in total. The number of ether oxygens (including phenoxy) is 1. The molecule has 1 amide bonds. The van der Waals surface area contributed by atoms with Crippen LogP contribution in [0.25, 0.3) is 0 Å². The molecule has 0 fully saturated rings. The quantitative estimate of drug-likeness (QED) is 0.843. The maximum atomic E-state index is 12.1. The fourth-order valence-electron chi connectivity index (χ4n) is 1.67. The minimum Gasteiger partial charge on any atom is -0.367 e. The zero-order valence-corrected chi connectivity index (χ0v) is 10.6. The van der Waals surface area contributed by atoms with E-state index in [1.807, 2.05) is 0 Å². The number of methoxy groups -OCH3 is 1. The van der Waals surface area contributed by atoms with Crippen LogP contribution in [0.2, 0.25) is 0 Å². The van der Waals surface area contributed by atoms with Gasteiger partial charge in [0.05, 0.1) is 6.20 Å². The van der Waals surface area contributed by atoms with Crippen molar-refractivity contribution in [1.82, 2.24) is 14.5 Å². The van der Waals surface area contributed by atoms with Crippen molar-refractivity contribution < 1.29 is 9.53 Å². The minimum atomic E-state index is -0.819.